The Kier molecular flexibility index (Phi) is 4.42. The number of benzene rings is 1. The molecule has 2 nitrogen and oxygen atoms in total. The van der Waals surface area contributed by atoms with E-state index in [-0.39, 0.29) is 11.3 Å². The number of halogens is 3. The molecule has 0 saturated carbocycles. The van der Waals surface area contributed by atoms with Gasteiger partial charge in [-0.15, -0.1) is 0 Å². The van der Waals surface area contributed by atoms with Gasteiger partial charge in [-0.25, -0.2) is 4.99 Å². The summed E-state index contributed by atoms with van der Waals surface area (Å²) in [5.41, 5.74) is 0.629. The van der Waals surface area contributed by atoms with Crippen LogP contribution in [-0.4, -0.2) is 11.5 Å². The average Bonchev–Trinajstić information content (AvgIpc) is 2.25. The topological polar surface area (TPSA) is 36.2 Å². The zero-order valence-electron chi connectivity index (χ0n) is 12.3. The minimum atomic E-state index is -4.34. The Bertz CT molecular complexity index is 549. The van der Waals surface area contributed by atoms with E-state index in [4.69, 9.17) is 5.41 Å². The van der Waals surface area contributed by atoms with E-state index in [0.29, 0.717) is 16.8 Å². The predicted octanol–water partition coefficient (Wildman–Crippen LogP) is 4.85. The Morgan fingerprint density at radius 2 is 1.70 bits per heavy atom. The van der Waals surface area contributed by atoms with Crippen LogP contribution >= 0.6 is 0 Å². The van der Waals surface area contributed by atoms with E-state index in [2.05, 4.69) is 4.99 Å². The summed E-state index contributed by atoms with van der Waals surface area (Å²) in [7, 11) is 0. The SMILES string of the molecule is C/C(=N\C(=N)C(C)(C)C)c1ccc(C(F)(F)F)cc1C. The first-order valence-corrected chi connectivity index (χ1v) is 6.25. The molecular formula is C15H19F3N2. The highest BCUT2D eigenvalue weighted by molar-refractivity contribution is 6.07. The summed E-state index contributed by atoms with van der Waals surface area (Å²) in [6.45, 7) is 8.92. The Balaban J connectivity index is 3.16. The molecule has 0 radical (unpaired) electrons. The number of nitrogens with zero attached hydrogens (tertiary/aromatic N) is 1. The van der Waals surface area contributed by atoms with Crippen LogP contribution in [0.1, 0.15) is 44.4 Å². The number of hydrogen-bond donors (Lipinski definition) is 1. The quantitative estimate of drug-likeness (QED) is 0.565. The molecule has 0 aliphatic rings. The van der Waals surface area contributed by atoms with Crippen LogP contribution in [0.15, 0.2) is 23.2 Å². The molecule has 0 saturated heterocycles. The van der Waals surface area contributed by atoms with E-state index >= 15 is 0 Å². The van der Waals surface area contributed by atoms with Crippen LogP contribution in [0.5, 0.6) is 0 Å². The molecule has 1 aromatic carbocycles. The predicted molar refractivity (Wildman–Crippen MR) is 75.6 cm³/mol. The molecule has 20 heavy (non-hydrogen) atoms. The van der Waals surface area contributed by atoms with Crippen LogP contribution in [0.25, 0.3) is 0 Å². The molecule has 0 fully saturated rings. The number of rotatable bonds is 1. The average molecular weight is 284 g/mol. The molecule has 0 aromatic heterocycles. The normalized spacial score (nSPS) is 13.5. The fourth-order valence-corrected chi connectivity index (χ4v) is 1.64. The molecule has 0 aliphatic carbocycles. The first-order valence-electron chi connectivity index (χ1n) is 6.25. The number of aliphatic imine (C=N–C) groups is 1. The van der Waals surface area contributed by atoms with Gasteiger partial charge in [0.15, 0.2) is 0 Å². The third kappa shape index (κ3) is 3.92. The van der Waals surface area contributed by atoms with Crippen molar-refractivity contribution in [1.82, 2.24) is 0 Å². The van der Waals surface area contributed by atoms with Gasteiger partial charge < -0.3 is 0 Å². The number of hydrogen-bond acceptors (Lipinski definition) is 1. The van der Waals surface area contributed by atoms with Gasteiger partial charge in [0.1, 0.15) is 5.84 Å². The van der Waals surface area contributed by atoms with Crippen molar-refractivity contribution in [1.29, 1.82) is 5.41 Å². The maximum Gasteiger partial charge on any atom is 0.416 e. The largest absolute Gasteiger partial charge is 0.416 e. The summed E-state index contributed by atoms with van der Waals surface area (Å²) < 4.78 is 37.8. The molecule has 0 spiro atoms. The van der Waals surface area contributed by atoms with Crippen molar-refractivity contribution in [2.45, 2.75) is 40.8 Å². The van der Waals surface area contributed by atoms with Crippen molar-refractivity contribution >= 4 is 11.5 Å². The second kappa shape index (κ2) is 5.38. The van der Waals surface area contributed by atoms with Gasteiger partial charge in [-0.3, -0.25) is 5.41 Å². The highest BCUT2D eigenvalue weighted by atomic mass is 19.4. The third-order valence-corrected chi connectivity index (χ3v) is 2.93. The summed E-state index contributed by atoms with van der Waals surface area (Å²) in [5.74, 6) is 0.203. The highest BCUT2D eigenvalue weighted by Gasteiger charge is 2.30. The molecule has 110 valence electrons. The lowest BCUT2D eigenvalue weighted by Gasteiger charge is -2.17. The lowest BCUT2D eigenvalue weighted by atomic mass is 9.95. The number of amidine groups is 1. The second-order valence-electron chi connectivity index (χ2n) is 5.82. The van der Waals surface area contributed by atoms with Crippen molar-refractivity contribution in [3.8, 4) is 0 Å². The summed E-state index contributed by atoms with van der Waals surface area (Å²) in [4.78, 5) is 4.19. The fourth-order valence-electron chi connectivity index (χ4n) is 1.64. The number of nitrogens with one attached hydrogen (secondary N) is 1. The van der Waals surface area contributed by atoms with Crippen LogP contribution < -0.4 is 0 Å². The summed E-state index contributed by atoms with van der Waals surface area (Å²) >= 11 is 0. The minimum absolute atomic E-state index is 0.203. The smallest absolute Gasteiger partial charge is 0.286 e. The summed E-state index contributed by atoms with van der Waals surface area (Å²) in [6, 6.07) is 3.56. The van der Waals surface area contributed by atoms with Crippen LogP contribution in [0.3, 0.4) is 0 Å². The number of aryl methyl sites for hydroxylation is 1. The third-order valence-electron chi connectivity index (χ3n) is 2.93. The molecular weight excluding hydrogens is 265 g/mol. The van der Waals surface area contributed by atoms with Crippen LogP contribution in [-0.2, 0) is 6.18 Å². The van der Waals surface area contributed by atoms with Gasteiger partial charge in [-0.05, 0) is 37.1 Å². The maximum absolute atomic E-state index is 12.6. The molecule has 1 N–H and O–H groups in total. The molecule has 5 heteroatoms. The Labute approximate surface area is 117 Å². The van der Waals surface area contributed by atoms with Crippen molar-refractivity contribution in [3.63, 3.8) is 0 Å². The van der Waals surface area contributed by atoms with Gasteiger partial charge >= 0.3 is 6.18 Å². The van der Waals surface area contributed by atoms with Crippen LogP contribution in [0.4, 0.5) is 13.2 Å². The highest BCUT2D eigenvalue weighted by Crippen LogP contribution is 2.30. The Morgan fingerprint density at radius 1 is 1.15 bits per heavy atom. The lowest BCUT2D eigenvalue weighted by Crippen LogP contribution is -2.18. The Hall–Kier alpha value is -1.65. The lowest BCUT2D eigenvalue weighted by molar-refractivity contribution is -0.137. The molecule has 0 atom stereocenters. The molecule has 0 amide bonds. The van der Waals surface area contributed by atoms with E-state index in [1.54, 1.807) is 13.8 Å². The molecule has 0 unspecified atom stereocenters. The van der Waals surface area contributed by atoms with Crippen LogP contribution in [0.2, 0.25) is 0 Å². The van der Waals surface area contributed by atoms with Crippen molar-refractivity contribution in [3.05, 3.63) is 34.9 Å². The summed E-state index contributed by atoms with van der Waals surface area (Å²) in [5, 5.41) is 7.86. The second-order valence-corrected chi connectivity index (χ2v) is 5.82. The van der Waals surface area contributed by atoms with E-state index in [1.807, 2.05) is 20.8 Å². The zero-order chi connectivity index (χ0) is 15.7. The van der Waals surface area contributed by atoms with Crippen molar-refractivity contribution in [2.75, 3.05) is 0 Å². The fraction of sp³-hybridized carbons (Fsp3) is 0.467. The van der Waals surface area contributed by atoms with Crippen molar-refractivity contribution in [2.24, 2.45) is 10.4 Å². The van der Waals surface area contributed by atoms with Crippen molar-refractivity contribution < 1.29 is 13.2 Å². The number of alkyl halides is 3. The Morgan fingerprint density at radius 3 is 2.10 bits per heavy atom. The first-order chi connectivity index (χ1) is 8.93. The van der Waals surface area contributed by atoms with E-state index < -0.39 is 11.7 Å². The first kappa shape index (κ1) is 16.4. The standard InChI is InChI=1S/C15H19F3N2/c1-9-8-11(15(16,17)18)6-7-12(9)10(2)20-13(19)14(3,4)5/h6-8,19H,1-5H3/b19-13?,20-10+. The van der Waals surface area contributed by atoms with Gasteiger partial charge in [0.25, 0.3) is 0 Å². The van der Waals surface area contributed by atoms with Gasteiger partial charge in [0, 0.05) is 11.1 Å². The van der Waals surface area contributed by atoms with Gasteiger partial charge in [-0.1, -0.05) is 26.8 Å². The van der Waals surface area contributed by atoms with E-state index in [0.717, 1.165) is 12.1 Å². The van der Waals surface area contributed by atoms with Gasteiger partial charge in [-0.2, -0.15) is 13.2 Å². The van der Waals surface area contributed by atoms with E-state index in [9.17, 15) is 13.2 Å². The molecule has 0 bridgehead atoms. The minimum Gasteiger partial charge on any atom is -0.286 e. The molecule has 1 rings (SSSR count). The van der Waals surface area contributed by atoms with Crippen LogP contribution in [0, 0.1) is 17.7 Å². The summed E-state index contributed by atoms with van der Waals surface area (Å²) in [6.07, 6.45) is -4.34. The zero-order valence-corrected chi connectivity index (χ0v) is 12.3. The molecule has 1 aromatic rings. The van der Waals surface area contributed by atoms with Gasteiger partial charge in [0.05, 0.1) is 5.56 Å². The monoisotopic (exact) mass is 284 g/mol. The molecule has 0 heterocycles. The van der Waals surface area contributed by atoms with Gasteiger partial charge in [0.2, 0.25) is 0 Å². The maximum atomic E-state index is 12.6. The van der Waals surface area contributed by atoms with E-state index in [1.165, 1.54) is 6.07 Å². The molecule has 0 aliphatic heterocycles.